The molecule has 0 bridgehead atoms. The van der Waals surface area contributed by atoms with Crippen LogP contribution in [0.3, 0.4) is 0 Å². The molecule has 0 aliphatic heterocycles. The van der Waals surface area contributed by atoms with E-state index in [0.29, 0.717) is 0 Å². The molecular weight excluding hydrogens is 338 g/mol. The van der Waals surface area contributed by atoms with Gasteiger partial charge in [0.2, 0.25) is 0 Å². The maximum atomic E-state index is 6.13. The summed E-state index contributed by atoms with van der Waals surface area (Å²) in [6.45, 7) is 2.09. The molecule has 0 aliphatic rings. The minimum atomic E-state index is 0.0778. The second-order valence-electron chi connectivity index (χ2n) is 4.61. The normalized spacial score (nSPS) is 12.2. The SMILES string of the molecule is CNC(c1cc(Cl)ccc1C)c1ccc(OC)cc1Br. The molecule has 0 fully saturated rings. The van der Waals surface area contributed by atoms with Crippen molar-refractivity contribution in [1.29, 1.82) is 0 Å². The lowest BCUT2D eigenvalue weighted by Crippen LogP contribution is -2.19. The summed E-state index contributed by atoms with van der Waals surface area (Å²) in [5.41, 5.74) is 3.53. The Labute approximate surface area is 133 Å². The summed E-state index contributed by atoms with van der Waals surface area (Å²) in [6.07, 6.45) is 0. The number of hydrogen-bond donors (Lipinski definition) is 1. The molecule has 0 radical (unpaired) electrons. The van der Waals surface area contributed by atoms with Crippen molar-refractivity contribution in [3.63, 3.8) is 0 Å². The third kappa shape index (κ3) is 3.17. The van der Waals surface area contributed by atoms with Gasteiger partial charge in [-0.2, -0.15) is 0 Å². The molecule has 106 valence electrons. The zero-order valence-electron chi connectivity index (χ0n) is 11.7. The molecule has 4 heteroatoms. The highest BCUT2D eigenvalue weighted by atomic mass is 79.9. The van der Waals surface area contributed by atoms with E-state index in [4.69, 9.17) is 16.3 Å². The Bertz CT molecular complexity index is 615. The predicted octanol–water partition coefficient (Wildman–Crippen LogP) is 4.73. The maximum absolute atomic E-state index is 6.13. The quantitative estimate of drug-likeness (QED) is 0.857. The van der Waals surface area contributed by atoms with Crippen molar-refractivity contribution in [2.24, 2.45) is 0 Å². The number of nitrogens with one attached hydrogen (secondary N) is 1. The highest BCUT2D eigenvalue weighted by molar-refractivity contribution is 9.10. The highest BCUT2D eigenvalue weighted by Gasteiger charge is 2.17. The number of methoxy groups -OCH3 is 1. The monoisotopic (exact) mass is 353 g/mol. The fraction of sp³-hybridized carbons (Fsp3) is 0.250. The predicted molar refractivity (Wildman–Crippen MR) is 87.8 cm³/mol. The van der Waals surface area contributed by atoms with E-state index in [9.17, 15) is 0 Å². The van der Waals surface area contributed by atoms with Crippen molar-refractivity contribution < 1.29 is 4.74 Å². The molecule has 0 aliphatic carbocycles. The Morgan fingerprint density at radius 2 is 1.90 bits per heavy atom. The summed E-state index contributed by atoms with van der Waals surface area (Å²) in [5.74, 6) is 0.832. The summed E-state index contributed by atoms with van der Waals surface area (Å²) in [6, 6.07) is 12.0. The van der Waals surface area contributed by atoms with Crippen LogP contribution < -0.4 is 10.1 Å². The first-order valence-electron chi connectivity index (χ1n) is 6.33. The molecule has 0 aromatic heterocycles. The summed E-state index contributed by atoms with van der Waals surface area (Å²) < 4.78 is 6.25. The second kappa shape index (κ2) is 6.61. The van der Waals surface area contributed by atoms with Crippen LogP contribution in [0.25, 0.3) is 0 Å². The Morgan fingerprint density at radius 1 is 1.15 bits per heavy atom. The van der Waals surface area contributed by atoms with Crippen LogP contribution in [-0.4, -0.2) is 14.2 Å². The van der Waals surface area contributed by atoms with Crippen molar-refractivity contribution in [2.45, 2.75) is 13.0 Å². The fourth-order valence-corrected chi connectivity index (χ4v) is 3.04. The van der Waals surface area contributed by atoms with Gasteiger partial charge in [0, 0.05) is 9.50 Å². The standard InChI is InChI=1S/C16H17BrClNO/c1-10-4-5-11(18)8-14(10)16(19-2)13-7-6-12(20-3)9-15(13)17/h4-9,16,19H,1-3H3. The lowest BCUT2D eigenvalue weighted by molar-refractivity contribution is 0.414. The van der Waals surface area contributed by atoms with Crippen molar-refractivity contribution in [2.75, 3.05) is 14.2 Å². The van der Waals surface area contributed by atoms with Gasteiger partial charge in [-0.15, -0.1) is 0 Å². The summed E-state index contributed by atoms with van der Waals surface area (Å²) in [7, 11) is 3.61. The minimum Gasteiger partial charge on any atom is -0.497 e. The molecule has 0 saturated carbocycles. The van der Waals surface area contributed by atoms with Crippen LogP contribution in [0.4, 0.5) is 0 Å². The first kappa shape index (κ1) is 15.4. The fourth-order valence-electron chi connectivity index (χ4n) is 2.27. The van der Waals surface area contributed by atoms with E-state index in [1.54, 1.807) is 7.11 Å². The van der Waals surface area contributed by atoms with Crippen LogP contribution in [0.2, 0.25) is 5.02 Å². The number of aryl methyl sites for hydroxylation is 1. The van der Waals surface area contributed by atoms with Gasteiger partial charge in [0.05, 0.1) is 13.2 Å². The molecule has 2 aromatic carbocycles. The van der Waals surface area contributed by atoms with Crippen LogP contribution in [0.5, 0.6) is 5.75 Å². The Hall–Kier alpha value is -1.03. The molecule has 1 N–H and O–H groups in total. The lowest BCUT2D eigenvalue weighted by atomic mass is 9.95. The largest absolute Gasteiger partial charge is 0.497 e. The van der Waals surface area contributed by atoms with Gasteiger partial charge in [-0.1, -0.05) is 39.7 Å². The van der Waals surface area contributed by atoms with E-state index >= 15 is 0 Å². The average Bonchev–Trinajstić information content (AvgIpc) is 2.44. The molecule has 0 amide bonds. The van der Waals surface area contributed by atoms with Gasteiger partial charge >= 0.3 is 0 Å². The molecule has 0 spiro atoms. The van der Waals surface area contributed by atoms with Gasteiger partial charge in [-0.25, -0.2) is 0 Å². The van der Waals surface area contributed by atoms with E-state index in [2.05, 4.69) is 34.2 Å². The summed E-state index contributed by atoms with van der Waals surface area (Å²) in [5, 5.41) is 4.10. The van der Waals surface area contributed by atoms with E-state index in [-0.39, 0.29) is 6.04 Å². The third-order valence-electron chi connectivity index (χ3n) is 3.36. The molecular formula is C16H17BrClNO. The molecule has 0 saturated heterocycles. The van der Waals surface area contributed by atoms with E-state index in [1.807, 2.05) is 37.4 Å². The van der Waals surface area contributed by atoms with Crippen molar-refractivity contribution in [1.82, 2.24) is 5.32 Å². The Balaban J connectivity index is 2.49. The molecule has 1 atom stereocenters. The van der Waals surface area contributed by atoms with Crippen molar-refractivity contribution in [3.8, 4) is 5.75 Å². The molecule has 2 aromatic rings. The zero-order valence-corrected chi connectivity index (χ0v) is 14.0. The highest BCUT2D eigenvalue weighted by Crippen LogP contribution is 2.33. The van der Waals surface area contributed by atoms with Gasteiger partial charge < -0.3 is 10.1 Å². The van der Waals surface area contributed by atoms with Gasteiger partial charge in [-0.05, 0) is 54.9 Å². The van der Waals surface area contributed by atoms with Gasteiger partial charge in [-0.3, -0.25) is 0 Å². The smallest absolute Gasteiger partial charge is 0.120 e. The maximum Gasteiger partial charge on any atom is 0.120 e. The molecule has 2 rings (SSSR count). The van der Waals surface area contributed by atoms with Crippen LogP contribution in [-0.2, 0) is 0 Å². The minimum absolute atomic E-state index is 0.0778. The van der Waals surface area contributed by atoms with Gasteiger partial charge in [0.25, 0.3) is 0 Å². The van der Waals surface area contributed by atoms with Gasteiger partial charge in [0.15, 0.2) is 0 Å². The summed E-state index contributed by atoms with van der Waals surface area (Å²) >= 11 is 9.75. The Kier molecular flexibility index (Phi) is 5.08. The van der Waals surface area contributed by atoms with Crippen molar-refractivity contribution >= 4 is 27.5 Å². The number of ether oxygens (including phenoxy) is 1. The van der Waals surface area contributed by atoms with Gasteiger partial charge in [0.1, 0.15) is 5.75 Å². The topological polar surface area (TPSA) is 21.3 Å². The second-order valence-corrected chi connectivity index (χ2v) is 5.90. The number of benzene rings is 2. The zero-order chi connectivity index (χ0) is 14.7. The van der Waals surface area contributed by atoms with E-state index in [0.717, 1.165) is 20.8 Å². The lowest BCUT2D eigenvalue weighted by Gasteiger charge is -2.21. The van der Waals surface area contributed by atoms with Crippen LogP contribution >= 0.6 is 27.5 Å². The number of rotatable bonds is 4. The van der Waals surface area contributed by atoms with Crippen LogP contribution in [0.1, 0.15) is 22.7 Å². The Morgan fingerprint density at radius 3 is 2.50 bits per heavy atom. The van der Waals surface area contributed by atoms with E-state index in [1.165, 1.54) is 11.1 Å². The third-order valence-corrected chi connectivity index (χ3v) is 4.28. The van der Waals surface area contributed by atoms with Crippen LogP contribution in [0.15, 0.2) is 40.9 Å². The molecule has 20 heavy (non-hydrogen) atoms. The first-order chi connectivity index (χ1) is 9.56. The summed E-state index contributed by atoms with van der Waals surface area (Å²) in [4.78, 5) is 0. The molecule has 2 nitrogen and oxygen atoms in total. The number of hydrogen-bond acceptors (Lipinski definition) is 2. The van der Waals surface area contributed by atoms with Crippen LogP contribution in [0, 0.1) is 6.92 Å². The van der Waals surface area contributed by atoms with Crippen molar-refractivity contribution in [3.05, 3.63) is 62.6 Å². The first-order valence-corrected chi connectivity index (χ1v) is 7.50. The number of halogens is 2. The molecule has 1 unspecified atom stereocenters. The van der Waals surface area contributed by atoms with E-state index < -0.39 is 0 Å². The molecule has 0 heterocycles. The average molecular weight is 355 g/mol.